The first-order valence-corrected chi connectivity index (χ1v) is 7.59. The lowest BCUT2D eigenvalue weighted by Crippen LogP contribution is -2.18. The molecule has 0 aliphatic rings. The third kappa shape index (κ3) is 2.79. The van der Waals surface area contributed by atoms with E-state index in [0.29, 0.717) is 23.6 Å². The average Bonchev–Trinajstić information content (AvgIpc) is 3.11. The van der Waals surface area contributed by atoms with Gasteiger partial charge in [0, 0.05) is 29.9 Å². The maximum atomic E-state index is 11.9. The van der Waals surface area contributed by atoms with Gasteiger partial charge in [0.2, 0.25) is 0 Å². The van der Waals surface area contributed by atoms with Crippen molar-refractivity contribution in [3.63, 3.8) is 0 Å². The van der Waals surface area contributed by atoms with Gasteiger partial charge in [-0.2, -0.15) is 5.26 Å². The molecule has 0 bridgehead atoms. The van der Waals surface area contributed by atoms with Crippen molar-refractivity contribution < 1.29 is 4.42 Å². The number of rotatable bonds is 4. The third-order valence-electron chi connectivity index (χ3n) is 3.69. The Bertz CT molecular complexity index is 966. The SMILES string of the molecule is CCCn1cc(-c2cc(C#N)c(N)nc2-c2ccco2)ccc1=O. The summed E-state index contributed by atoms with van der Waals surface area (Å²) >= 11 is 0. The van der Waals surface area contributed by atoms with Crippen LogP contribution in [-0.4, -0.2) is 9.55 Å². The maximum absolute atomic E-state index is 11.9. The summed E-state index contributed by atoms with van der Waals surface area (Å²) in [6.07, 6.45) is 4.16. The van der Waals surface area contributed by atoms with Crippen LogP contribution in [0.5, 0.6) is 0 Å². The normalized spacial score (nSPS) is 10.5. The lowest BCUT2D eigenvalue weighted by molar-refractivity contribution is 0.580. The van der Waals surface area contributed by atoms with E-state index in [1.54, 1.807) is 41.3 Å². The van der Waals surface area contributed by atoms with Gasteiger partial charge in [-0.25, -0.2) is 4.98 Å². The Kier molecular flexibility index (Phi) is 4.17. The van der Waals surface area contributed by atoms with Gasteiger partial charge < -0.3 is 14.7 Å². The topological polar surface area (TPSA) is 97.8 Å². The van der Waals surface area contributed by atoms with Crippen molar-refractivity contribution in [3.05, 3.63) is 58.7 Å². The molecule has 2 N–H and O–H groups in total. The number of pyridine rings is 2. The molecule has 3 aromatic heterocycles. The second-order valence-corrected chi connectivity index (χ2v) is 5.36. The molecule has 0 saturated carbocycles. The van der Waals surface area contributed by atoms with Crippen LogP contribution in [0.2, 0.25) is 0 Å². The van der Waals surface area contributed by atoms with E-state index in [9.17, 15) is 10.1 Å². The van der Waals surface area contributed by atoms with Gasteiger partial charge in [-0.05, 0) is 30.7 Å². The molecule has 0 saturated heterocycles. The fourth-order valence-electron chi connectivity index (χ4n) is 2.54. The van der Waals surface area contributed by atoms with E-state index in [4.69, 9.17) is 10.2 Å². The van der Waals surface area contributed by atoms with Crippen molar-refractivity contribution in [1.29, 1.82) is 5.26 Å². The first kappa shape index (κ1) is 15.6. The Morgan fingerprint density at radius 2 is 2.21 bits per heavy atom. The number of hydrogen-bond acceptors (Lipinski definition) is 5. The molecule has 0 aliphatic carbocycles. The van der Waals surface area contributed by atoms with Gasteiger partial charge in [0.15, 0.2) is 5.76 Å². The Balaban J connectivity index is 2.25. The van der Waals surface area contributed by atoms with Crippen molar-refractivity contribution in [2.24, 2.45) is 0 Å². The van der Waals surface area contributed by atoms with Crippen molar-refractivity contribution in [3.8, 4) is 28.7 Å². The molecule has 0 unspecified atom stereocenters. The highest BCUT2D eigenvalue weighted by atomic mass is 16.3. The summed E-state index contributed by atoms with van der Waals surface area (Å²) in [7, 11) is 0. The Labute approximate surface area is 138 Å². The van der Waals surface area contributed by atoms with E-state index < -0.39 is 0 Å². The van der Waals surface area contributed by atoms with Crippen molar-refractivity contribution >= 4 is 5.82 Å². The molecule has 3 rings (SSSR count). The smallest absolute Gasteiger partial charge is 0.250 e. The number of aryl methyl sites for hydroxylation is 1. The number of nitriles is 1. The molecular formula is C18H16N4O2. The van der Waals surface area contributed by atoms with Gasteiger partial charge in [-0.3, -0.25) is 4.79 Å². The summed E-state index contributed by atoms with van der Waals surface area (Å²) in [4.78, 5) is 16.3. The first-order chi connectivity index (χ1) is 11.6. The zero-order valence-corrected chi connectivity index (χ0v) is 13.2. The molecule has 6 heteroatoms. The molecule has 0 radical (unpaired) electrons. The van der Waals surface area contributed by atoms with Crippen LogP contribution in [0.3, 0.4) is 0 Å². The number of anilines is 1. The highest BCUT2D eigenvalue weighted by molar-refractivity contribution is 5.81. The zero-order valence-electron chi connectivity index (χ0n) is 13.2. The molecule has 120 valence electrons. The van der Waals surface area contributed by atoms with Crippen LogP contribution in [0, 0.1) is 11.3 Å². The largest absolute Gasteiger partial charge is 0.463 e. The minimum atomic E-state index is -0.0657. The van der Waals surface area contributed by atoms with Crippen LogP contribution in [-0.2, 0) is 6.54 Å². The Morgan fingerprint density at radius 1 is 1.38 bits per heavy atom. The van der Waals surface area contributed by atoms with Crippen LogP contribution in [0.4, 0.5) is 5.82 Å². The quantitative estimate of drug-likeness (QED) is 0.796. The molecule has 6 nitrogen and oxygen atoms in total. The molecule has 0 amide bonds. The lowest BCUT2D eigenvalue weighted by atomic mass is 10.0. The molecule has 3 heterocycles. The van der Waals surface area contributed by atoms with Crippen LogP contribution in [0.25, 0.3) is 22.6 Å². The fourth-order valence-corrected chi connectivity index (χ4v) is 2.54. The minimum absolute atomic E-state index is 0.0657. The molecule has 3 aromatic rings. The molecule has 0 aliphatic heterocycles. The van der Waals surface area contributed by atoms with E-state index in [0.717, 1.165) is 12.0 Å². The Hall–Kier alpha value is -3.33. The van der Waals surface area contributed by atoms with Crippen LogP contribution in [0.1, 0.15) is 18.9 Å². The van der Waals surface area contributed by atoms with Gasteiger partial charge in [0.05, 0.1) is 11.8 Å². The lowest BCUT2D eigenvalue weighted by Gasteiger charge is -2.11. The summed E-state index contributed by atoms with van der Waals surface area (Å²) < 4.78 is 7.08. The van der Waals surface area contributed by atoms with E-state index >= 15 is 0 Å². The van der Waals surface area contributed by atoms with Crippen molar-refractivity contribution in [2.45, 2.75) is 19.9 Å². The molecule has 0 atom stereocenters. The molecule has 0 fully saturated rings. The van der Waals surface area contributed by atoms with Crippen molar-refractivity contribution in [1.82, 2.24) is 9.55 Å². The predicted molar refractivity (Wildman–Crippen MR) is 91.1 cm³/mol. The van der Waals surface area contributed by atoms with Gasteiger partial charge in [-0.1, -0.05) is 6.92 Å². The Morgan fingerprint density at radius 3 is 2.88 bits per heavy atom. The van der Waals surface area contributed by atoms with Gasteiger partial charge in [0.25, 0.3) is 5.56 Å². The first-order valence-electron chi connectivity index (χ1n) is 7.59. The van der Waals surface area contributed by atoms with Crippen molar-refractivity contribution in [2.75, 3.05) is 5.73 Å². The number of furan rings is 1. The highest BCUT2D eigenvalue weighted by Crippen LogP contribution is 2.32. The van der Waals surface area contributed by atoms with Crippen LogP contribution < -0.4 is 11.3 Å². The standard InChI is InChI=1S/C18H16N4O2/c1-2-7-22-11-12(5-6-16(22)23)14-9-13(10-19)18(20)21-17(14)15-4-3-8-24-15/h3-6,8-9,11H,2,7H2,1H3,(H2,20,21). The molecule has 0 aromatic carbocycles. The monoisotopic (exact) mass is 320 g/mol. The summed E-state index contributed by atoms with van der Waals surface area (Å²) in [6, 6.07) is 10.5. The van der Waals surface area contributed by atoms with Crippen LogP contribution in [0.15, 0.2) is 52.0 Å². The van der Waals surface area contributed by atoms with E-state index in [-0.39, 0.29) is 16.9 Å². The van der Waals surface area contributed by atoms with Gasteiger partial charge >= 0.3 is 0 Å². The van der Waals surface area contributed by atoms with Gasteiger partial charge in [0.1, 0.15) is 17.6 Å². The van der Waals surface area contributed by atoms with E-state index in [1.165, 1.54) is 6.07 Å². The maximum Gasteiger partial charge on any atom is 0.250 e. The molecule has 0 spiro atoms. The number of nitrogens with two attached hydrogens (primary N) is 1. The van der Waals surface area contributed by atoms with Gasteiger partial charge in [-0.15, -0.1) is 0 Å². The number of hydrogen-bond donors (Lipinski definition) is 1. The second kappa shape index (κ2) is 6.42. The highest BCUT2D eigenvalue weighted by Gasteiger charge is 2.16. The van der Waals surface area contributed by atoms with Crippen LogP contribution >= 0.6 is 0 Å². The second-order valence-electron chi connectivity index (χ2n) is 5.36. The minimum Gasteiger partial charge on any atom is -0.463 e. The van der Waals surface area contributed by atoms with E-state index in [2.05, 4.69) is 4.98 Å². The summed E-state index contributed by atoms with van der Waals surface area (Å²) in [5, 5.41) is 9.25. The summed E-state index contributed by atoms with van der Waals surface area (Å²) in [6.45, 7) is 2.63. The molecule has 24 heavy (non-hydrogen) atoms. The zero-order chi connectivity index (χ0) is 17.1. The third-order valence-corrected chi connectivity index (χ3v) is 3.69. The number of nitrogens with zero attached hydrogens (tertiary/aromatic N) is 3. The fraction of sp³-hybridized carbons (Fsp3) is 0.167. The predicted octanol–water partition coefficient (Wildman–Crippen LogP) is 3.03. The summed E-state index contributed by atoms with van der Waals surface area (Å²) in [5.41, 5.74) is 8.09. The van der Waals surface area contributed by atoms with E-state index in [1.807, 2.05) is 13.0 Å². The molecular weight excluding hydrogens is 304 g/mol. The summed E-state index contributed by atoms with van der Waals surface area (Å²) in [5.74, 6) is 0.698. The number of nitrogen functional groups attached to an aromatic ring is 1. The number of aromatic nitrogens is 2. The average molecular weight is 320 g/mol.